The van der Waals surface area contributed by atoms with Crippen molar-refractivity contribution in [3.8, 4) is 0 Å². The van der Waals surface area contributed by atoms with Gasteiger partial charge < -0.3 is 9.88 Å². The average Bonchev–Trinajstić information content (AvgIpc) is 3.52. The largest absolute Gasteiger partial charge is 0.343 e. The highest BCUT2D eigenvalue weighted by atomic mass is 16.2. The maximum atomic E-state index is 12.8. The van der Waals surface area contributed by atoms with Crippen LogP contribution in [-0.4, -0.2) is 33.9 Å². The van der Waals surface area contributed by atoms with Crippen LogP contribution in [0.3, 0.4) is 0 Å². The lowest BCUT2D eigenvalue weighted by molar-refractivity contribution is -0.133. The van der Waals surface area contributed by atoms with E-state index in [1.54, 1.807) is 0 Å². The molecule has 0 atom stereocenters. The van der Waals surface area contributed by atoms with E-state index in [4.69, 9.17) is 4.98 Å². The Hall–Kier alpha value is -1.65. The number of likely N-dealkylation sites (tertiary alicyclic amines) is 1. The zero-order valence-corrected chi connectivity index (χ0v) is 17.0. The van der Waals surface area contributed by atoms with Crippen molar-refractivity contribution in [1.29, 1.82) is 0 Å². The summed E-state index contributed by atoms with van der Waals surface area (Å²) >= 11 is 0. The molecule has 5 rings (SSSR count). The highest BCUT2D eigenvalue weighted by molar-refractivity contribution is 5.76. The molecule has 0 radical (unpaired) electrons. The highest BCUT2D eigenvalue weighted by Gasteiger charge is 2.45. The molecule has 3 aliphatic carbocycles. The van der Waals surface area contributed by atoms with Gasteiger partial charge in [-0.25, -0.2) is 4.98 Å². The lowest BCUT2D eigenvalue weighted by Crippen LogP contribution is -2.45. The van der Waals surface area contributed by atoms with Gasteiger partial charge >= 0.3 is 0 Å². The number of aromatic nitrogens is 2. The monoisotopic (exact) mass is 383 g/mol. The van der Waals surface area contributed by atoms with E-state index in [9.17, 15) is 9.59 Å². The number of amides is 1. The molecule has 5 heteroatoms. The molecule has 0 bridgehead atoms. The van der Waals surface area contributed by atoms with E-state index in [0.29, 0.717) is 11.8 Å². The minimum atomic E-state index is 0.0351. The third-order valence-corrected chi connectivity index (χ3v) is 7.92. The fraction of sp³-hybridized carbons (Fsp3) is 0.783. The number of carbonyl (C=O) groups excluding carboxylic acids is 1. The molecule has 1 saturated heterocycles. The number of nitrogens with one attached hydrogen (secondary N) is 1. The van der Waals surface area contributed by atoms with Crippen molar-refractivity contribution in [3.05, 3.63) is 27.4 Å². The second-order valence-corrected chi connectivity index (χ2v) is 9.76. The second-order valence-electron chi connectivity index (χ2n) is 9.76. The van der Waals surface area contributed by atoms with E-state index in [0.717, 1.165) is 87.5 Å². The number of nitrogens with zero attached hydrogens (tertiary/aromatic N) is 2. The Kier molecular flexibility index (Phi) is 4.80. The van der Waals surface area contributed by atoms with E-state index in [1.165, 1.54) is 32.1 Å². The molecule has 2 heterocycles. The fourth-order valence-electron chi connectivity index (χ4n) is 5.85. The minimum absolute atomic E-state index is 0.0351. The third-order valence-electron chi connectivity index (χ3n) is 7.92. The van der Waals surface area contributed by atoms with Crippen molar-refractivity contribution >= 4 is 5.91 Å². The molecule has 2 saturated carbocycles. The number of hydrogen-bond acceptors (Lipinski definition) is 3. The Labute approximate surface area is 167 Å². The van der Waals surface area contributed by atoms with Crippen LogP contribution in [0, 0.1) is 5.92 Å². The Morgan fingerprint density at radius 1 is 1.07 bits per heavy atom. The number of rotatable bonds is 4. The summed E-state index contributed by atoms with van der Waals surface area (Å²) in [4.78, 5) is 35.4. The zero-order chi connectivity index (χ0) is 19.1. The first-order valence-corrected chi connectivity index (χ1v) is 11.6. The summed E-state index contributed by atoms with van der Waals surface area (Å²) in [6, 6.07) is 0. The van der Waals surface area contributed by atoms with Gasteiger partial charge in [0.15, 0.2) is 0 Å². The van der Waals surface area contributed by atoms with E-state index < -0.39 is 0 Å². The number of aromatic amines is 1. The molecule has 0 aromatic carbocycles. The van der Waals surface area contributed by atoms with Gasteiger partial charge in [0.05, 0.1) is 5.69 Å². The molecule has 5 nitrogen and oxygen atoms in total. The van der Waals surface area contributed by atoms with Crippen LogP contribution in [0.5, 0.6) is 0 Å². The van der Waals surface area contributed by atoms with Crippen LogP contribution in [-0.2, 0) is 16.6 Å². The van der Waals surface area contributed by atoms with Gasteiger partial charge in [-0.2, -0.15) is 0 Å². The van der Waals surface area contributed by atoms with Crippen molar-refractivity contribution < 1.29 is 4.79 Å². The van der Waals surface area contributed by atoms with Crippen LogP contribution in [0.25, 0.3) is 0 Å². The third kappa shape index (κ3) is 3.42. The first-order chi connectivity index (χ1) is 13.6. The number of piperidine rings is 1. The zero-order valence-electron chi connectivity index (χ0n) is 17.0. The Morgan fingerprint density at radius 2 is 1.82 bits per heavy atom. The minimum Gasteiger partial charge on any atom is -0.343 e. The molecule has 1 N–H and O–H groups in total. The molecule has 0 unspecified atom stereocenters. The smallest absolute Gasteiger partial charge is 0.254 e. The number of H-pyrrole nitrogens is 1. The van der Waals surface area contributed by atoms with Crippen LogP contribution in [0.4, 0.5) is 0 Å². The van der Waals surface area contributed by atoms with E-state index in [1.807, 2.05) is 0 Å². The van der Waals surface area contributed by atoms with Gasteiger partial charge in [-0.15, -0.1) is 0 Å². The first-order valence-electron chi connectivity index (χ1n) is 11.6. The summed E-state index contributed by atoms with van der Waals surface area (Å²) in [5, 5.41) is 0. The Morgan fingerprint density at radius 3 is 2.54 bits per heavy atom. The van der Waals surface area contributed by atoms with E-state index in [-0.39, 0.29) is 11.0 Å². The summed E-state index contributed by atoms with van der Waals surface area (Å²) in [5.41, 5.74) is 2.12. The van der Waals surface area contributed by atoms with Crippen LogP contribution < -0.4 is 5.56 Å². The van der Waals surface area contributed by atoms with E-state index >= 15 is 0 Å². The Balaban J connectivity index is 1.23. The van der Waals surface area contributed by atoms with Gasteiger partial charge in [-0.1, -0.05) is 32.1 Å². The molecule has 1 amide bonds. The maximum Gasteiger partial charge on any atom is 0.254 e. The molecule has 152 valence electrons. The summed E-state index contributed by atoms with van der Waals surface area (Å²) in [6.07, 6.45) is 14.6. The molecular formula is C23H33N3O2. The summed E-state index contributed by atoms with van der Waals surface area (Å²) in [5.74, 6) is 2.50. The lowest BCUT2D eigenvalue weighted by atomic mass is 9.76. The fourth-order valence-corrected chi connectivity index (χ4v) is 5.85. The topological polar surface area (TPSA) is 66.1 Å². The number of carbonyl (C=O) groups is 1. The van der Waals surface area contributed by atoms with Crippen LogP contribution in [0.2, 0.25) is 0 Å². The normalized spacial score (nSPS) is 24.5. The summed E-state index contributed by atoms with van der Waals surface area (Å²) in [6.45, 7) is 1.66. The molecule has 1 aromatic rings. The standard InChI is InChI=1S/C23H33N3O2/c27-19(9-6-16-4-2-1-3-5-16)26-14-12-23(13-15-26)11-10-18-20(23)24-21(17-7-8-17)25-22(18)28/h16-17H,1-15H2,(H,24,25,28). The second kappa shape index (κ2) is 7.31. The first kappa shape index (κ1) is 18.4. The molecular weight excluding hydrogens is 350 g/mol. The highest BCUT2D eigenvalue weighted by Crippen LogP contribution is 2.46. The van der Waals surface area contributed by atoms with Crippen molar-refractivity contribution in [2.45, 2.75) is 94.8 Å². The summed E-state index contributed by atoms with van der Waals surface area (Å²) in [7, 11) is 0. The maximum absolute atomic E-state index is 12.8. The van der Waals surface area contributed by atoms with E-state index in [2.05, 4.69) is 9.88 Å². The van der Waals surface area contributed by atoms with Gasteiger partial charge in [0.2, 0.25) is 5.91 Å². The molecule has 1 aromatic heterocycles. The molecule has 28 heavy (non-hydrogen) atoms. The van der Waals surface area contributed by atoms with Crippen LogP contribution in [0.1, 0.15) is 100 Å². The van der Waals surface area contributed by atoms with Crippen molar-refractivity contribution in [2.75, 3.05) is 13.1 Å². The van der Waals surface area contributed by atoms with Crippen LogP contribution in [0.15, 0.2) is 4.79 Å². The van der Waals surface area contributed by atoms with Crippen molar-refractivity contribution in [1.82, 2.24) is 14.9 Å². The summed E-state index contributed by atoms with van der Waals surface area (Å²) < 4.78 is 0. The van der Waals surface area contributed by atoms with Gasteiger partial charge in [-0.3, -0.25) is 9.59 Å². The van der Waals surface area contributed by atoms with Crippen molar-refractivity contribution in [2.24, 2.45) is 5.92 Å². The quantitative estimate of drug-likeness (QED) is 0.860. The predicted molar refractivity (Wildman–Crippen MR) is 108 cm³/mol. The van der Waals surface area contributed by atoms with Gasteiger partial charge in [0.1, 0.15) is 5.82 Å². The Bertz CT molecular complexity index is 797. The predicted octanol–water partition coefficient (Wildman–Crippen LogP) is 3.81. The number of fused-ring (bicyclic) bond motifs is 2. The van der Waals surface area contributed by atoms with Crippen molar-refractivity contribution in [3.63, 3.8) is 0 Å². The van der Waals surface area contributed by atoms with Gasteiger partial charge in [-0.05, 0) is 50.9 Å². The molecule has 1 aliphatic heterocycles. The van der Waals surface area contributed by atoms with Crippen LogP contribution >= 0.6 is 0 Å². The SMILES string of the molecule is O=C(CCC1CCCCC1)N1CCC2(CCc3c2nc(C2CC2)[nH]c3=O)CC1. The molecule has 3 fully saturated rings. The molecule has 1 spiro atoms. The molecule has 4 aliphatic rings. The lowest BCUT2D eigenvalue weighted by Gasteiger charge is -2.39. The van der Waals surface area contributed by atoms with Gasteiger partial charge in [0.25, 0.3) is 5.56 Å². The van der Waals surface area contributed by atoms with Gasteiger partial charge in [0, 0.05) is 36.4 Å². The average molecular weight is 384 g/mol. The number of hydrogen-bond donors (Lipinski definition) is 1.